The van der Waals surface area contributed by atoms with E-state index in [4.69, 9.17) is 0 Å². The largest absolute Gasteiger partial charge is 0.340 e. The molecule has 3 rings (SSSR count). The van der Waals surface area contributed by atoms with Crippen molar-refractivity contribution in [2.45, 2.75) is 32.6 Å². The van der Waals surface area contributed by atoms with Crippen molar-refractivity contribution in [3.8, 4) is 0 Å². The lowest BCUT2D eigenvalue weighted by molar-refractivity contribution is -0.134. The van der Waals surface area contributed by atoms with Gasteiger partial charge in [0.15, 0.2) is 0 Å². The highest BCUT2D eigenvalue weighted by Crippen LogP contribution is 2.60. The molecule has 1 saturated carbocycles. The van der Waals surface area contributed by atoms with Gasteiger partial charge in [0, 0.05) is 26.2 Å². The van der Waals surface area contributed by atoms with Crippen LogP contribution in [0.3, 0.4) is 0 Å². The highest BCUT2D eigenvalue weighted by atomic mass is 32.2. The van der Waals surface area contributed by atoms with Gasteiger partial charge >= 0.3 is 0 Å². The van der Waals surface area contributed by atoms with Crippen LogP contribution < -0.4 is 0 Å². The molecular formula is C20H27FN2O3S. The number of carbonyl (C=O) groups excluding carboxylic acids is 1. The first kappa shape index (κ1) is 20.0. The summed E-state index contributed by atoms with van der Waals surface area (Å²) in [6.45, 7) is 9.56. The average molecular weight is 395 g/mol. The minimum absolute atomic E-state index is 0.0346. The van der Waals surface area contributed by atoms with Crippen LogP contribution in [-0.2, 0) is 14.8 Å². The zero-order chi connectivity index (χ0) is 20.0. The number of benzene rings is 1. The molecule has 2 atom stereocenters. The van der Waals surface area contributed by atoms with Crippen molar-refractivity contribution in [1.29, 1.82) is 0 Å². The van der Waals surface area contributed by atoms with E-state index in [1.54, 1.807) is 4.90 Å². The molecule has 0 spiro atoms. The van der Waals surface area contributed by atoms with Crippen LogP contribution in [0, 0.1) is 23.1 Å². The summed E-state index contributed by atoms with van der Waals surface area (Å²) in [5.74, 6) is -0.146. The number of amides is 1. The van der Waals surface area contributed by atoms with Crippen molar-refractivity contribution in [3.05, 3.63) is 41.7 Å². The van der Waals surface area contributed by atoms with Gasteiger partial charge in [0.25, 0.3) is 0 Å². The summed E-state index contributed by atoms with van der Waals surface area (Å²) >= 11 is 0. The molecule has 0 unspecified atom stereocenters. The number of hydrogen-bond acceptors (Lipinski definition) is 3. The highest BCUT2D eigenvalue weighted by Gasteiger charge is 2.61. The predicted molar refractivity (Wildman–Crippen MR) is 102 cm³/mol. The smallest absolute Gasteiger partial charge is 0.243 e. The van der Waals surface area contributed by atoms with Gasteiger partial charge in [0.05, 0.1) is 10.8 Å². The fourth-order valence-corrected chi connectivity index (χ4v) is 5.34. The molecular weight excluding hydrogens is 367 g/mol. The summed E-state index contributed by atoms with van der Waals surface area (Å²) in [7, 11) is -3.66. The Hall–Kier alpha value is -1.73. The first-order chi connectivity index (χ1) is 12.5. The third-order valence-electron chi connectivity index (χ3n) is 5.69. The molecule has 0 bridgehead atoms. The molecule has 1 amide bonds. The standard InChI is InChI=1S/C20H27FN2O3S/c1-14(2)13-17-18(20(17,3)4)19(24)22-9-11-23(12-10-22)27(25,26)16-7-5-15(21)6-8-16/h5-8,13,17-18H,9-12H2,1-4H3/t17-,18-/m0/s1. The Bertz CT molecular complexity index is 850. The van der Waals surface area contributed by atoms with E-state index in [-0.39, 0.29) is 41.1 Å². The topological polar surface area (TPSA) is 57.7 Å². The number of halogens is 1. The Labute approximate surface area is 160 Å². The summed E-state index contributed by atoms with van der Waals surface area (Å²) < 4.78 is 39.8. The molecule has 1 aliphatic carbocycles. The second-order valence-electron chi connectivity index (χ2n) is 8.25. The third kappa shape index (κ3) is 3.80. The van der Waals surface area contributed by atoms with Crippen LogP contribution in [0.15, 0.2) is 40.8 Å². The molecule has 148 valence electrons. The van der Waals surface area contributed by atoms with Crippen molar-refractivity contribution >= 4 is 15.9 Å². The van der Waals surface area contributed by atoms with E-state index >= 15 is 0 Å². The maximum atomic E-state index is 13.1. The van der Waals surface area contributed by atoms with Crippen molar-refractivity contribution in [2.24, 2.45) is 17.3 Å². The molecule has 2 fully saturated rings. The van der Waals surface area contributed by atoms with E-state index in [1.165, 1.54) is 22.0 Å². The minimum atomic E-state index is -3.66. The molecule has 1 aromatic rings. The van der Waals surface area contributed by atoms with Crippen LogP contribution in [0.5, 0.6) is 0 Å². The Morgan fingerprint density at radius 2 is 1.67 bits per heavy atom. The maximum Gasteiger partial charge on any atom is 0.243 e. The van der Waals surface area contributed by atoms with Gasteiger partial charge < -0.3 is 4.90 Å². The Morgan fingerprint density at radius 3 is 2.19 bits per heavy atom. The Morgan fingerprint density at radius 1 is 1.11 bits per heavy atom. The first-order valence-electron chi connectivity index (χ1n) is 9.24. The van der Waals surface area contributed by atoms with Crippen LogP contribution in [0.1, 0.15) is 27.7 Å². The molecule has 1 aromatic carbocycles. The van der Waals surface area contributed by atoms with Crippen LogP contribution in [0.4, 0.5) is 4.39 Å². The number of hydrogen-bond donors (Lipinski definition) is 0. The van der Waals surface area contributed by atoms with E-state index in [1.807, 2.05) is 13.8 Å². The lowest BCUT2D eigenvalue weighted by Crippen LogP contribution is -2.51. The third-order valence-corrected chi connectivity index (χ3v) is 7.60. The van der Waals surface area contributed by atoms with Gasteiger partial charge in [-0.2, -0.15) is 4.31 Å². The summed E-state index contributed by atoms with van der Waals surface area (Å²) in [4.78, 5) is 14.8. The predicted octanol–water partition coefficient (Wildman–Crippen LogP) is 2.90. The van der Waals surface area contributed by atoms with Crippen LogP contribution >= 0.6 is 0 Å². The van der Waals surface area contributed by atoms with E-state index in [2.05, 4.69) is 19.9 Å². The number of carbonyl (C=O) groups is 1. The Balaban J connectivity index is 1.65. The Kier molecular flexibility index (Phi) is 5.20. The van der Waals surface area contributed by atoms with Crippen molar-refractivity contribution in [2.75, 3.05) is 26.2 Å². The maximum absolute atomic E-state index is 13.1. The van der Waals surface area contributed by atoms with E-state index < -0.39 is 15.8 Å². The molecule has 7 heteroatoms. The number of piperazine rings is 1. The quantitative estimate of drug-likeness (QED) is 0.738. The van der Waals surface area contributed by atoms with Crippen molar-refractivity contribution in [3.63, 3.8) is 0 Å². The van der Waals surface area contributed by atoms with Gasteiger partial charge in [-0.3, -0.25) is 4.79 Å². The zero-order valence-corrected chi connectivity index (χ0v) is 17.1. The van der Waals surface area contributed by atoms with Gasteiger partial charge in [0.2, 0.25) is 15.9 Å². The van der Waals surface area contributed by atoms with Gasteiger partial charge in [-0.05, 0) is 49.4 Å². The summed E-state index contributed by atoms with van der Waals surface area (Å²) in [5.41, 5.74) is 1.16. The van der Waals surface area contributed by atoms with Crippen molar-refractivity contribution < 1.29 is 17.6 Å². The number of rotatable bonds is 4. The highest BCUT2D eigenvalue weighted by molar-refractivity contribution is 7.89. The number of nitrogens with zero attached hydrogens (tertiary/aromatic N) is 2. The average Bonchev–Trinajstić information content (AvgIpc) is 3.14. The molecule has 1 aliphatic heterocycles. The monoisotopic (exact) mass is 394 g/mol. The van der Waals surface area contributed by atoms with E-state index in [9.17, 15) is 17.6 Å². The molecule has 0 radical (unpaired) electrons. The fraction of sp³-hybridized carbons (Fsp3) is 0.550. The summed E-state index contributed by atoms with van der Waals surface area (Å²) in [6.07, 6.45) is 2.16. The normalized spacial score (nSPS) is 25.1. The van der Waals surface area contributed by atoms with Crippen LogP contribution in [-0.4, -0.2) is 49.7 Å². The lowest BCUT2D eigenvalue weighted by atomic mass is 10.1. The zero-order valence-electron chi connectivity index (χ0n) is 16.3. The van der Waals surface area contributed by atoms with Gasteiger partial charge in [-0.1, -0.05) is 25.5 Å². The summed E-state index contributed by atoms with van der Waals surface area (Å²) in [5, 5.41) is 0. The fourth-order valence-electron chi connectivity index (χ4n) is 3.92. The van der Waals surface area contributed by atoms with Crippen LogP contribution in [0.2, 0.25) is 0 Å². The molecule has 2 aliphatic rings. The molecule has 0 aromatic heterocycles. The minimum Gasteiger partial charge on any atom is -0.340 e. The van der Waals surface area contributed by atoms with Crippen molar-refractivity contribution in [1.82, 2.24) is 9.21 Å². The summed E-state index contributed by atoms with van der Waals surface area (Å²) in [6, 6.07) is 4.84. The van der Waals surface area contributed by atoms with Gasteiger partial charge in [0.1, 0.15) is 5.82 Å². The molecule has 5 nitrogen and oxygen atoms in total. The number of sulfonamides is 1. The lowest BCUT2D eigenvalue weighted by Gasteiger charge is -2.34. The number of allylic oxidation sites excluding steroid dienone is 2. The molecule has 27 heavy (non-hydrogen) atoms. The van der Waals surface area contributed by atoms with Gasteiger partial charge in [-0.25, -0.2) is 12.8 Å². The second kappa shape index (κ2) is 7.02. The second-order valence-corrected chi connectivity index (χ2v) is 10.2. The molecule has 1 heterocycles. The molecule has 0 N–H and O–H groups in total. The van der Waals surface area contributed by atoms with Crippen LogP contribution in [0.25, 0.3) is 0 Å². The first-order valence-corrected chi connectivity index (χ1v) is 10.7. The molecule has 1 saturated heterocycles. The van der Waals surface area contributed by atoms with Gasteiger partial charge in [-0.15, -0.1) is 0 Å². The SMILES string of the molecule is CC(C)=C[C@H]1[C@@H](C(=O)N2CCN(S(=O)(=O)c3ccc(F)cc3)CC2)C1(C)C. The van der Waals surface area contributed by atoms with E-state index in [0.29, 0.717) is 13.1 Å². The van der Waals surface area contributed by atoms with E-state index in [0.717, 1.165) is 12.1 Å².